The zero-order valence-electron chi connectivity index (χ0n) is 23.0. The summed E-state index contributed by atoms with van der Waals surface area (Å²) in [5, 5.41) is 0. The first kappa shape index (κ1) is 39.6. The molecule has 0 amide bonds. The van der Waals surface area contributed by atoms with Gasteiger partial charge in [-0.15, -0.1) is 16.4 Å². The molecular weight excluding hydrogens is 711 g/mol. The fraction of sp³-hybridized carbons (Fsp3) is 0.296. The molecule has 0 saturated heterocycles. The molecule has 0 aromatic heterocycles. The molecule has 1 fully saturated rings. The largest absolute Gasteiger partial charge is 3.00 e. The van der Waals surface area contributed by atoms with Crippen molar-refractivity contribution in [3.8, 4) is 0 Å². The molecule has 0 N–H and O–H groups in total. The molecule has 2 unspecified atom stereocenters. The minimum Gasteiger partial charge on any atom is -0.358 e. The summed E-state index contributed by atoms with van der Waals surface area (Å²) in [4.78, 5) is 0. The molecule has 2 atom stereocenters. The topological polar surface area (TPSA) is 0 Å². The third kappa shape index (κ3) is 6.18. The predicted molar refractivity (Wildman–Crippen MR) is 128 cm³/mol. The molecule has 4 rings (SSSR count). The van der Waals surface area contributed by atoms with Crippen molar-refractivity contribution >= 4 is 22.5 Å². The van der Waals surface area contributed by atoms with E-state index < -0.39 is 110 Å². The SMILES string of the molecule is CC1CCCC1C.C[B-](c1c(F)c(F)c(F)c(F)c1F)(c1c(F)c(F)c(F)c(F)c1F)c1c(F)c(F)c(F)c(F)c1F.[CH3-].[Zr+3]. The molecule has 3 aromatic carbocycles. The Kier molecular flexibility index (Phi) is 12.9. The van der Waals surface area contributed by atoms with Crippen LogP contribution in [0.2, 0.25) is 6.82 Å². The Morgan fingerprint density at radius 3 is 0.682 bits per heavy atom. The maximum atomic E-state index is 14.6. The molecule has 17 heteroatoms. The van der Waals surface area contributed by atoms with E-state index >= 15 is 0 Å². The fourth-order valence-electron chi connectivity index (χ4n) is 5.15. The predicted octanol–water partition coefficient (Wildman–Crippen LogP) is 7.76. The molecule has 1 aliphatic carbocycles. The Hall–Kier alpha value is -2.44. The van der Waals surface area contributed by atoms with E-state index in [0.29, 0.717) is 0 Å². The first-order valence-corrected chi connectivity index (χ1v) is 12.1. The maximum absolute atomic E-state index is 14.6. The molecule has 1 aliphatic rings. The van der Waals surface area contributed by atoms with Crippen molar-refractivity contribution in [2.24, 2.45) is 11.8 Å². The zero-order chi connectivity index (χ0) is 32.2. The van der Waals surface area contributed by atoms with Crippen LogP contribution < -0.4 is 16.4 Å². The van der Waals surface area contributed by atoms with Gasteiger partial charge < -0.3 is 7.43 Å². The zero-order valence-corrected chi connectivity index (χ0v) is 25.5. The van der Waals surface area contributed by atoms with Crippen LogP contribution in [0.4, 0.5) is 65.9 Å². The van der Waals surface area contributed by atoms with Gasteiger partial charge in [-0.25, -0.2) is 65.9 Å². The standard InChI is InChI=1S/C19H3BF15.C7H14.CH3.Zr/c1-20(2-5(21)11(27)17(33)12(28)6(2)22,3-7(23)13(29)18(34)14(30)8(3)24)4-9(25)15(31)19(35)16(32)10(4)26;1-6-4-3-5-7(6)2;;/h1H3;6-7H,3-5H2,1-2H3;1H3;/q-1;;-1;+3. The quantitative estimate of drug-likeness (QED) is 0.0850. The second-order valence-corrected chi connectivity index (χ2v) is 10.1. The number of rotatable bonds is 3. The first-order chi connectivity index (χ1) is 19.3. The normalized spacial score (nSPS) is 16.2. The minimum atomic E-state index is -5.41. The van der Waals surface area contributed by atoms with E-state index in [9.17, 15) is 65.9 Å². The van der Waals surface area contributed by atoms with Crippen molar-refractivity contribution < 1.29 is 92.1 Å². The monoisotopic (exact) mass is 730 g/mol. The van der Waals surface area contributed by atoms with Gasteiger partial charge in [0.05, 0.1) is 0 Å². The van der Waals surface area contributed by atoms with Gasteiger partial charge in [0.25, 0.3) is 0 Å². The summed E-state index contributed by atoms with van der Waals surface area (Å²) in [6.07, 6.45) is -0.991. The Balaban J connectivity index is 0.000000946. The van der Waals surface area contributed by atoms with Crippen LogP contribution in [0.25, 0.3) is 0 Å². The Morgan fingerprint density at radius 1 is 0.386 bits per heavy atom. The van der Waals surface area contributed by atoms with E-state index in [0.717, 1.165) is 11.8 Å². The van der Waals surface area contributed by atoms with Crippen molar-refractivity contribution in [3.63, 3.8) is 0 Å². The van der Waals surface area contributed by atoms with Crippen LogP contribution in [0.3, 0.4) is 0 Å². The molecule has 0 bridgehead atoms. The molecule has 0 aliphatic heterocycles. The summed E-state index contributed by atoms with van der Waals surface area (Å²) < 4.78 is 212. The van der Waals surface area contributed by atoms with Gasteiger partial charge in [-0.1, -0.05) is 33.1 Å². The van der Waals surface area contributed by atoms with Crippen molar-refractivity contribution in [1.82, 2.24) is 0 Å². The summed E-state index contributed by atoms with van der Waals surface area (Å²) in [7, 11) is 0. The van der Waals surface area contributed by atoms with Crippen LogP contribution >= 0.6 is 0 Å². The molecule has 3 aromatic rings. The fourth-order valence-corrected chi connectivity index (χ4v) is 5.15. The Bertz CT molecular complexity index is 1310. The molecule has 0 heterocycles. The Labute approximate surface area is 260 Å². The molecule has 1 saturated carbocycles. The average Bonchev–Trinajstić information content (AvgIpc) is 3.32. The van der Waals surface area contributed by atoms with Gasteiger partial charge in [-0.3, -0.25) is 0 Å². The molecule has 0 spiro atoms. The van der Waals surface area contributed by atoms with Gasteiger partial charge >= 0.3 is 26.2 Å². The first-order valence-electron chi connectivity index (χ1n) is 12.1. The van der Waals surface area contributed by atoms with E-state index in [2.05, 4.69) is 13.8 Å². The molecule has 0 nitrogen and oxygen atoms in total. The van der Waals surface area contributed by atoms with Gasteiger partial charge in [0, 0.05) is 0 Å². The van der Waals surface area contributed by atoms with E-state index in [1.165, 1.54) is 19.3 Å². The maximum Gasteiger partial charge on any atom is 3.00 e. The second-order valence-electron chi connectivity index (χ2n) is 10.1. The van der Waals surface area contributed by atoms with Gasteiger partial charge in [0.2, 0.25) is 0 Å². The number of benzene rings is 3. The summed E-state index contributed by atoms with van der Waals surface area (Å²) in [6, 6.07) is 0. The van der Waals surface area contributed by atoms with Crippen LogP contribution in [0.5, 0.6) is 0 Å². The summed E-state index contributed by atoms with van der Waals surface area (Å²) in [5.41, 5.74) is -7.89. The van der Waals surface area contributed by atoms with Crippen LogP contribution in [0.15, 0.2) is 0 Å². The number of halogens is 15. The van der Waals surface area contributed by atoms with E-state index in [4.69, 9.17) is 0 Å². The van der Waals surface area contributed by atoms with E-state index in [1.54, 1.807) is 0 Å². The second kappa shape index (κ2) is 14.3. The molecule has 1 radical (unpaired) electrons. The molecular formula is C27H20BF15Zr+. The summed E-state index contributed by atoms with van der Waals surface area (Å²) in [6.45, 7) is 4.50. The van der Waals surface area contributed by atoms with Gasteiger partial charge in [-0.05, 0) is 11.8 Å². The van der Waals surface area contributed by atoms with Gasteiger partial charge in [0.15, 0.2) is 52.4 Å². The van der Waals surface area contributed by atoms with Gasteiger partial charge in [-0.2, -0.15) is 6.82 Å². The van der Waals surface area contributed by atoms with E-state index in [-0.39, 0.29) is 40.5 Å². The van der Waals surface area contributed by atoms with E-state index in [1.807, 2.05) is 0 Å². The van der Waals surface area contributed by atoms with Crippen molar-refractivity contribution in [1.29, 1.82) is 0 Å². The van der Waals surface area contributed by atoms with Crippen LogP contribution in [0.1, 0.15) is 33.1 Å². The van der Waals surface area contributed by atoms with Crippen LogP contribution in [-0.4, -0.2) is 6.15 Å². The van der Waals surface area contributed by atoms with Crippen molar-refractivity contribution in [2.75, 3.05) is 0 Å². The Morgan fingerprint density at radius 2 is 0.545 bits per heavy atom. The van der Waals surface area contributed by atoms with Gasteiger partial charge in [0.1, 0.15) is 41.0 Å². The van der Waals surface area contributed by atoms with Crippen molar-refractivity contribution in [2.45, 2.75) is 39.9 Å². The molecule has 239 valence electrons. The number of hydrogen-bond donors (Lipinski definition) is 0. The third-order valence-electron chi connectivity index (χ3n) is 7.75. The smallest absolute Gasteiger partial charge is 0.358 e. The van der Waals surface area contributed by atoms with Crippen LogP contribution in [-0.2, 0) is 26.2 Å². The summed E-state index contributed by atoms with van der Waals surface area (Å²) >= 11 is 0. The third-order valence-corrected chi connectivity index (χ3v) is 7.75. The summed E-state index contributed by atoms with van der Waals surface area (Å²) in [5.74, 6) is -43.0. The minimum absolute atomic E-state index is 0. The van der Waals surface area contributed by atoms with Crippen LogP contribution in [0, 0.1) is 107 Å². The van der Waals surface area contributed by atoms with Crippen molar-refractivity contribution in [3.05, 3.63) is 94.7 Å². The number of hydrogen-bond acceptors (Lipinski definition) is 0. The average molecular weight is 731 g/mol. The molecule has 44 heavy (non-hydrogen) atoms.